The Balaban J connectivity index is 2.08. The van der Waals surface area contributed by atoms with Gasteiger partial charge in [-0.2, -0.15) is 0 Å². The van der Waals surface area contributed by atoms with Crippen LogP contribution in [0.3, 0.4) is 0 Å². The molecule has 0 radical (unpaired) electrons. The SMILES string of the molecule is Cc1ccc([NH+]([O-])Oc2ccc(O)cc2)cc1. The first-order chi connectivity index (χ1) is 8.15. The molecule has 17 heavy (non-hydrogen) atoms. The van der Waals surface area contributed by atoms with Crippen molar-refractivity contribution in [2.75, 3.05) is 0 Å². The van der Waals surface area contributed by atoms with Crippen molar-refractivity contribution in [3.63, 3.8) is 0 Å². The molecule has 1 unspecified atom stereocenters. The Bertz CT molecular complexity index is 479. The lowest BCUT2D eigenvalue weighted by molar-refractivity contribution is -0.963. The fourth-order valence-electron chi connectivity index (χ4n) is 1.37. The highest BCUT2D eigenvalue weighted by Gasteiger charge is 2.05. The summed E-state index contributed by atoms with van der Waals surface area (Å²) in [5.41, 5.74) is 1.59. The van der Waals surface area contributed by atoms with Gasteiger partial charge in [-0.05, 0) is 31.2 Å². The molecular formula is C13H13NO3. The predicted molar refractivity (Wildman–Crippen MR) is 63.9 cm³/mol. The summed E-state index contributed by atoms with van der Waals surface area (Å²) in [6, 6.07) is 13.2. The Morgan fingerprint density at radius 1 is 1.00 bits per heavy atom. The molecule has 1 atom stereocenters. The number of quaternary nitrogens is 1. The molecule has 0 aliphatic heterocycles. The number of benzene rings is 2. The maximum absolute atomic E-state index is 11.7. The summed E-state index contributed by atoms with van der Waals surface area (Å²) in [7, 11) is 0. The highest BCUT2D eigenvalue weighted by Crippen LogP contribution is 2.15. The fourth-order valence-corrected chi connectivity index (χ4v) is 1.37. The van der Waals surface area contributed by atoms with Crippen LogP contribution in [0.4, 0.5) is 5.69 Å². The number of aromatic hydroxyl groups is 1. The van der Waals surface area contributed by atoms with E-state index in [4.69, 9.17) is 9.94 Å². The second-order valence-corrected chi connectivity index (χ2v) is 3.75. The Kier molecular flexibility index (Phi) is 3.27. The van der Waals surface area contributed by atoms with Crippen molar-refractivity contribution in [1.82, 2.24) is 0 Å². The summed E-state index contributed by atoms with van der Waals surface area (Å²) in [5, 5.41) is 20.4. The molecule has 88 valence electrons. The smallest absolute Gasteiger partial charge is 0.191 e. The van der Waals surface area contributed by atoms with Crippen LogP contribution in [-0.2, 0) is 0 Å². The average molecular weight is 231 g/mol. The maximum Gasteiger partial charge on any atom is 0.191 e. The van der Waals surface area contributed by atoms with Gasteiger partial charge in [0.05, 0.1) is 0 Å². The molecule has 0 saturated heterocycles. The van der Waals surface area contributed by atoms with E-state index in [1.165, 1.54) is 12.1 Å². The molecule has 0 fully saturated rings. The van der Waals surface area contributed by atoms with Gasteiger partial charge in [-0.15, -0.1) is 5.23 Å². The van der Waals surface area contributed by atoms with Crippen molar-refractivity contribution in [1.29, 1.82) is 0 Å². The Morgan fingerprint density at radius 3 is 2.18 bits per heavy atom. The van der Waals surface area contributed by atoms with E-state index in [1.54, 1.807) is 24.3 Å². The Morgan fingerprint density at radius 2 is 1.59 bits per heavy atom. The zero-order chi connectivity index (χ0) is 12.3. The Labute approximate surface area is 99.2 Å². The van der Waals surface area contributed by atoms with Crippen LogP contribution in [0.15, 0.2) is 48.5 Å². The second kappa shape index (κ2) is 4.86. The first-order valence-corrected chi connectivity index (χ1v) is 5.23. The lowest BCUT2D eigenvalue weighted by Crippen LogP contribution is -3.04. The monoisotopic (exact) mass is 231 g/mol. The second-order valence-electron chi connectivity index (χ2n) is 3.75. The molecule has 2 rings (SSSR count). The van der Waals surface area contributed by atoms with Gasteiger partial charge in [0.1, 0.15) is 5.75 Å². The van der Waals surface area contributed by atoms with E-state index in [2.05, 4.69) is 0 Å². The van der Waals surface area contributed by atoms with Gasteiger partial charge in [0.2, 0.25) is 0 Å². The molecule has 2 N–H and O–H groups in total. The predicted octanol–water partition coefficient (Wildman–Crippen LogP) is 1.71. The molecule has 4 nitrogen and oxygen atoms in total. The maximum atomic E-state index is 11.7. The van der Waals surface area contributed by atoms with Crippen molar-refractivity contribution in [3.05, 3.63) is 59.3 Å². The van der Waals surface area contributed by atoms with Crippen molar-refractivity contribution in [3.8, 4) is 11.5 Å². The van der Waals surface area contributed by atoms with Gasteiger partial charge in [-0.1, -0.05) is 17.7 Å². The van der Waals surface area contributed by atoms with E-state index in [0.29, 0.717) is 11.4 Å². The molecular weight excluding hydrogens is 218 g/mol. The number of hydrogen-bond acceptors (Lipinski definition) is 3. The molecule has 0 saturated carbocycles. The highest BCUT2D eigenvalue weighted by molar-refractivity contribution is 5.33. The highest BCUT2D eigenvalue weighted by atomic mass is 16.9. The van der Waals surface area contributed by atoms with E-state index in [1.807, 2.05) is 19.1 Å². The van der Waals surface area contributed by atoms with Crippen LogP contribution in [0.1, 0.15) is 5.56 Å². The minimum Gasteiger partial charge on any atom is -0.585 e. The summed E-state index contributed by atoms with van der Waals surface area (Å²) in [5.74, 6) is 0.550. The minimum atomic E-state index is -0.407. The molecule has 0 aliphatic rings. The zero-order valence-electron chi connectivity index (χ0n) is 9.38. The van der Waals surface area contributed by atoms with Crippen molar-refractivity contribution in [2.45, 2.75) is 6.92 Å². The van der Waals surface area contributed by atoms with Crippen LogP contribution in [0, 0.1) is 12.1 Å². The Hall–Kier alpha value is -2.04. The average Bonchev–Trinajstić information content (AvgIpc) is 2.33. The summed E-state index contributed by atoms with van der Waals surface area (Å²) >= 11 is 0. The standard InChI is InChI=1S/C13H13NO3/c1-10-2-4-11(5-3-10)14(16)17-13-8-6-12(15)7-9-13/h2-9,14-15H,1H3. The van der Waals surface area contributed by atoms with E-state index < -0.39 is 5.23 Å². The van der Waals surface area contributed by atoms with Crippen LogP contribution >= 0.6 is 0 Å². The van der Waals surface area contributed by atoms with Crippen molar-refractivity contribution >= 4 is 5.69 Å². The van der Waals surface area contributed by atoms with E-state index in [-0.39, 0.29) is 5.75 Å². The first-order valence-electron chi connectivity index (χ1n) is 5.23. The van der Waals surface area contributed by atoms with Crippen LogP contribution in [0.2, 0.25) is 0 Å². The number of nitrogens with one attached hydrogen (secondary N) is 1. The van der Waals surface area contributed by atoms with Crippen LogP contribution in [-0.4, -0.2) is 5.11 Å². The summed E-state index contributed by atoms with van der Waals surface area (Å²) in [6.07, 6.45) is 0. The van der Waals surface area contributed by atoms with Gasteiger partial charge < -0.3 is 15.2 Å². The molecule has 2 aromatic carbocycles. The molecule has 2 aromatic rings. The third kappa shape index (κ3) is 2.96. The van der Waals surface area contributed by atoms with E-state index >= 15 is 0 Å². The minimum absolute atomic E-state index is 0.139. The zero-order valence-corrected chi connectivity index (χ0v) is 9.38. The lowest BCUT2D eigenvalue weighted by Gasteiger charge is -2.19. The normalized spacial score (nSPS) is 12.1. The number of phenols is 1. The molecule has 0 aliphatic carbocycles. The lowest BCUT2D eigenvalue weighted by atomic mass is 10.2. The van der Waals surface area contributed by atoms with Gasteiger partial charge in [-0.3, -0.25) is 0 Å². The third-order valence-electron chi connectivity index (χ3n) is 2.33. The molecule has 4 heteroatoms. The molecule has 0 spiro atoms. The topological polar surface area (TPSA) is 57.0 Å². The molecule has 0 bridgehead atoms. The number of aryl methyl sites for hydroxylation is 1. The fraction of sp³-hybridized carbons (Fsp3) is 0.0769. The van der Waals surface area contributed by atoms with E-state index in [0.717, 1.165) is 5.56 Å². The third-order valence-corrected chi connectivity index (χ3v) is 2.33. The first kappa shape index (κ1) is 11.4. The van der Waals surface area contributed by atoms with Gasteiger partial charge in [0.25, 0.3) is 0 Å². The summed E-state index contributed by atoms with van der Waals surface area (Å²) < 4.78 is 0. The summed E-state index contributed by atoms with van der Waals surface area (Å²) in [4.78, 5) is 5.15. The molecule has 0 amide bonds. The number of phenolic OH excluding ortho intramolecular Hbond substituents is 1. The summed E-state index contributed by atoms with van der Waals surface area (Å²) in [6.45, 7) is 1.95. The number of rotatable bonds is 3. The van der Waals surface area contributed by atoms with E-state index in [9.17, 15) is 5.21 Å². The van der Waals surface area contributed by atoms with Crippen LogP contribution in [0.25, 0.3) is 0 Å². The van der Waals surface area contributed by atoms with Gasteiger partial charge in [-0.25, -0.2) is 0 Å². The van der Waals surface area contributed by atoms with Crippen LogP contribution < -0.4 is 10.1 Å². The largest absolute Gasteiger partial charge is 0.585 e. The quantitative estimate of drug-likeness (QED) is 0.791. The van der Waals surface area contributed by atoms with Crippen molar-refractivity contribution in [2.24, 2.45) is 0 Å². The molecule has 0 heterocycles. The van der Waals surface area contributed by atoms with Gasteiger partial charge in [0.15, 0.2) is 11.4 Å². The number of hydrogen-bond donors (Lipinski definition) is 2. The van der Waals surface area contributed by atoms with Gasteiger partial charge in [0, 0.05) is 12.1 Å². The van der Waals surface area contributed by atoms with Crippen molar-refractivity contribution < 1.29 is 15.2 Å². The van der Waals surface area contributed by atoms with Crippen LogP contribution in [0.5, 0.6) is 11.5 Å². The molecule has 0 aromatic heterocycles. The van der Waals surface area contributed by atoms with Gasteiger partial charge >= 0.3 is 0 Å².